The molecule has 0 aromatic rings. The van der Waals surface area contributed by atoms with Crippen molar-refractivity contribution in [3.63, 3.8) is 0 Å². The normalized spacial score (nSPS) is 32.5. The third-order valence-corrected chi connectivity index (χ3v) is 3.89. The minimum atomic E-state index is -0.467. The number of fused-ring (bicyclic) bond motifs is 1. The van der Waals surface area contributed by atoms with Gasteiger partial charge in [-0.3, -0.25) is 9.59 Å². The molecular weight excluding hydrogens is 256 g/mol. The molecule has 2 aliphatic carbocycles. The van der Waals surface area contributed by atoms with Crippen LogP contribution < -0.4 is 0 Å². The monoisotopic (exact) mass is 282 g/mol. The molecule has 0 spiro atoms. The number of carbonyl (C=O) groups excluding carboxylic acids is 2. The summed E-state index contributed by atoms with van der Waals surface area (Å²) in [5.74, 6) is -0.0730. The molecule has 4 nitrogen and oxygen atoms in total. The van der Waals surface area contributed by atoms with Gasteiger partial charge < -0.3 is 9.47 Å². The molecule has 20 heavy (non-hydrogen) atoms. The Labute approximate surface area is 121 Å². The van der Waals surface area contributed by atoms with Gasteiger partial charge in [-0.05, 0) is 66.2 Å². The molecule has 4 unspecified atom stereocenters. The predicted octanol–water partition coefficient (Wildman–Crippen LogP) is 2.94. The SMILES string of the molecule is CC(C)(C)OC(=O)C1CCC2C(C(=O)OC(C)(C)C)C12. The van der Waals surface area contributed by atoms with Gasteiger partial charge in [-0.15, -0.1) is 0 Å². The average molecular weight is 282 g/mol. The molecule has 0 aromatic carbocycles. The van der Waals surface area contributed by atoms with Gasteiger partial charge >= 0.3 is 11.9 Å². The van der Waals surface area contributed by atoms with E-state index in [1.807, 2.05) is 41.5 Å². The van der Waals surface area contributed by atoms with E-state index >= 15 is 0 Å². The maximum atomic E-state index is 12.2. The van der Waals surface area contributed by atoms with E-state index in [4.69, 9.17) is 9.47 Å². The molecule has 0 N–H and O–H groups in total. The lowest BCUT2D eigenvalue weighted by molar-refractivity contribution is -0.162. The highest BCUT2D eigenvalue weighted by Gasteiger charge is 2.64. The van der Waals surface area contributed by atoms with Crippen LogP contribution in [0.15, 0.2) is 0 Å². The first-order chi connectivity index (χ1) is 8.99. The Morgan fingerprint density at radius 1 is 0.850 bits per heavy atom. The maximum absolute atomic E-state index is 12.2. The van der Waals surface area contributed by atoms with Crippen molar-refractivity contribution in [1.82, 2.24) is 0 Å². The van der Waals surface area contributed by atoms with Gasteiger partial charge in [-0.25, -0.2) is 0 Å². The Morgan fingerprint density at radius 3 is 1.85 bits per heavy atom. The first-order valence-corrected chi connectivity index (χ1v) is 7.45. The molecule has 4 atom stereocenters. The third kappa shape index (κ3) is 3.33. The summed E-state index contributed by atoms with van der Waals surface area (Å²) in [6.07, 6.45) is 1.77. The van der Waals surface area contributed by atoms with Crippen molar-refractivity contribution in [2.45, 2.75) is 65.6 Å². The second kappa shape index (κ2) is 4.74. The van der Waals surface area contributed by atoms with E-state index in [0.29, 0.717) is 5.92 Å². The highest BCUT2D eigenvalue weighted by molar-refractivity contribution is 5.81. The summed E-state index contributed by atoms with van der Waals surface area (Å²) >= 11 is 0. The highest BCUT2D eigenvalue weighted by Crippen LogP contribution is 2.61. The molecule has 0 saturated heterocycles. The first kappa shape index (κ1) is 15.3. The molecule has 4 heteroatoms. The van der Waals surface area contributed by atoms with Gasteiger partial charge in [0.25, 0.3) is 0 Å². The second-order valence-corrected chi connectivity index (χ2v) is 8.02. The Kier molecular flexibility index (Phi) is 3.64. The van der Waals surface area contributed by atoms with Gasteiger partial charge in [0.2, 0.25) is 0 Å². The number of rotatable bonds is 2. The van der Waals surface area contributed by atoms with E-state index < -0.39 is 11.2 Å². The summed E-state index contributed by atoms with van der Waals surface area (Å²) in [7, 11) is 0. The lowest BCUT2D eigenvalue weighted by Crippen LogP contribution is -2.31. The van der Waals surface area contributed by atoms with Gasteiger partial charge in [0.15, 0.2) is 0 Å². The molecule has 2 rings (SSSR count). The summed E-state index contributed by atoms with van der Waals surface area (Å²) < 4.78 is 10.9. The van der Waals surface area contributed by atoms with Crippen LogP contribution in [-0.2, 0) is 19.1 Å². The van der Waals surface area contributed by atoms with Crippen molar-refractivity contribution >= 4 is 11.9 Å². The summed E-state index contributed by atoms with van der Waals surface area (Å²) in [6.45, 7) is 11.2. The standard InChI is InChI=1S/C16H26O4/c1-15(2,3)19-13(17)10-8-7-9-11(10)12(9)14(18)20-16(4,5)6/h9-12H,7-8H2,1-6H3. The zero-order valence-corrected chi connectivity index (χ0v) is 13.4. The van der Waals surface area contributed by atoms with Crippen LogP contribution in [0.25, 0.3) is 0 Å². The van der Waals surface area contributed by atoms with E-state index in [0.717, 1.165) is 12.8 Å². The van der Waals surface area contributed by atoms with E-state index in [2.05, 4.69) is 0 Å². The fraction of sp³-hybridized carbons (Fsp3) is 0.875. The Balaban J connectivity index is 1.95. The molecule has 0 aliphatic heterocycles. The zero-order valence-electron chi connectivity index (χ0n) is 13.4. The predicted molar refractivity (Wildman–Crippen MR) is 74.9 cm³/mol. The minimum absolute atomic E-state index is 0.0968. The molecule has 0 radical (unpaired) electrons. The number of hydrogen-bond donors (Lipinski definition) is 0. The van der Waals surface area contributed by atoms with Gasteiger partial charge in [0.1, 0.15) is 11.2 Å². The van der Waals surface area contributed by atoms with E-state index in [9.17, 15) is 9.59 Å². The molecule has 0 heterocycles. The maximum Gasteiger partial charge on any atom is 0.310 e. The fourth-order valence-corrected chi connectivity index (χ4v) is 3.24. The van der Waals surface area contributed by atoms with Gasteiger partial charge in [0, 0.05) is 0 Å². The van der Waals surface area contributed by atoms with Crippen LogP contribution in [0.4, 0.5) is 0 Å². The molecule has 0 amide bonds. The van der Waals surface area contributed by atoms with E-state index in [-0.39, 0.29) is 29.7 Å². The van der Waals surface area contributed by atoms with Crippen LogP contribution in [0, 0.1) is 23.7 Å². The van der Waals surface area contributed by atoms with Crippen LogP contribution in [0.5, 0.6) is 0 Å². The smallest absolute Gasteiger partial charge is 0.310 e. The van der Waals surface area contributed by atoms with Crippen molar-refractivity contribution in [3.05, 3.63) is 0 Å². The number of esters is 2. The first-order valence-electron chi connectivity index (χ1n) is 7.45. The topological polar surface area (TPSA) is 52.6 Å². The Morgan fingerprint density at radius 2 is 1.35 bits per heavy atom. The second-order valence-electron chi connectivity index (χ2n) is 8.02. The van der Waals surface area contributed by atoms with Crippen LogP contribution in [0.1, 0.15) is 54.4 Å². The quantitative estimate of drug-likeness (QED) is 0.731. The van der Waals surface area contributed by atoms with Crippen molar-refractivity contribution in [1.29, 1.82) is 0 Å². The molecular formula is C16H26O4. The molecule has 0 aromatic heterocycles. The van der Waals surface area contributed by atoms with Crippen molar-refractivity contribution in [2.24, 2.45) is 23.7 Å². The lowest BCUT2D eigenvalue weighted by Gasteiger charge is -2.24. The average Bonchev–Trinajstić information content (AvgIpc) is 2.74. The number of carbonyl (C=O) groups is 2. The van der Waals surface area contributed by atoms with Crippen LogP contribution >= 0.6 is 0 Å². The summed E-state index contributed by atoms with van der Waals surface area (Å²) in [6, 6.07) is 0. The zero-order chi connectivity index (χ0) is 15.3. The Bertz CT molecular complexity index is 413. The molecule has 2 fully saturated rings. The number of hydrogen-bond acceptors (Lipinski definition) is 4. The van der Waals surface area contributed by atoms with Gasteiger partial charge in [-0.1, -0.05) is 0 Å². The lowest BCUT2D eigenvalue weighted by atomic mass is 9.99. The summed E-state index contributed by atoms with van der Waals surface area (Å²) in [5, 5.41) is 0. The molecule has 2 aliphatic rings. The minimum Gasteiger partial charge on any atom is -0.460 e. The van der Waals surface area contributed by atoms with Crippen LogP contribution in [0.3, 0.4) is 0 Å². The van der Waals surface area contributed by atoms with Gasteiger partial charge in [-0.2, -0.15) is 0 Å². The summed E-state index contributed by atoms with van der Waals surface area (Å²) in [4.78, 5) is 24.3. The van der Waals surface area contributed by atoms with Crippen molar-refractivity contribution in [3.8, 4) is 0 Å². The number of ether oxygens (including phenoxy) is 2. The summed E-state index contributed by atoms with van der Waals surface area (Å²) in [5.41, 5.74) is -0.930. The third-order valence-electron chi connectivity index (χ3n) is 3.89. The van der Waals surface area contributed by atoms with Crippen molar-refractivity contribution in [2.75, 3.05) is 0 Å². The molecule has 0 bridgehead atoms. The molecule has 114 valence electrons. The fourth-order valence-electron chi connectivity index (χ4n) is 3.24. The van der Waals surface area contributed by atoms with Crippen molar-refractivity contribution < 1.29 is 19.1 Å². The van der Waals surface area contributed by atoms with Crippen LogP contribution in [0.2, 0.25) is 0 Å². The largest absolute Gasteiger partial charge is 0.460 e. The van der Waals surface area contributed by atoms with E-state index in [1.165, 1.54) is 0 Å². The Hall–Kier alpha value is -1.06. The van der Waals surface area contributed by atoms with E-state index in [1.54, 1.807) is 0 Å². The van der Waals surface area contributed by atoms with Crippen LogP contribution in [-0.4, -0.2) is 23.1 Å². The highest BCUT2D eigenvalue weighted by atomic mass is 16.6. The molecule has 2 saturated carbocycles. The van der Waals surface area contributed by atoms with Gasteiger partial charge in [0.05, 0.1) is 11.8 Å².